The predicted octanol–water partition coefficient (Wildman–Crippen LogP) is 2.43. The summed E-state index contributed by atoms with van der Waals surface area (Å²) in [6.45, 7) is 15.9. The van der Waals surface area contributed by atoms with Gasteiger partial charge in [-0.15, -0.1) is 0 Å². The lowest BCUT2D eigenvalue weighted by atomic mass is 9.55. The molecule has 144 valence electrons. The van der Waals surface area contributed by atoms with Gasteiger partial charge in [0, 0.05) is 50.7 Å². The number of nitrogens with one attached hydrogen (secondary N) is 1. The van der Waals surface area contributed by atoms with Crippen LogP contribution in [0.15, 0.2) is 4.99 Å². The minimum Gasteiger partial charge on any atom is -0.377 e. The van der Waals surface area contributed by atoms with Crippen molar-refractivity contribution in [1.82, 2.24) is 15.1 Å². The summed E-state index contributed by atoms with van der Waals surface area (Å²) in [6, 6.07) is 0.485. The first kappa shape index (κ1) is 19.0. The Morgan fingerprint density at radius 1 is 1.28 bits per heavy atom. The van der Waals surface area contributed by atoms with Gasteiger partial charge < -0.3 is 19.9 Å². The van der Waals surface area contributed by atoms with E-state index in [-0.39, 0.29) is 5.41 Å². The first-order chi connectivity index (χ1) is 12.0. The number of nitrogens with zero attached hydrogens (tertiary/aromatic N) is 3. The van der Waals surface area contributed by atoms with Crippen LogP contribution >= 0.6 is 0 Å². The van der Waals surface area contributed by atoms with Crippen LogP contribution in [0.3, 0.4) is 0 Å². The normalized spacial score (nSPS) is 34.8. The molecule has 1 N–H and O–H groups in total. The van der Waals surface area contributed by atoms with Crippen LogP contribution < -0.4 is 5.32 Å². The van der Waals surface area contributed by atoms with Gasteiger partial charge in [0.25, 0.3) is 0 Å². The van der Waals surface area contributed by atoms with Crippen LogP contribution in [0.4, 0.5) is 0 Å². The quantitative estimate of drug-likeness (QED) is 0.611. The molecular weight excluding hydrogens is 312 g/mol. The highest BCUT2D eigenvalue weighted by Gasteiger charge is 2.58. The Morgan fingerprint density at radius 3 is 2.72 bits per heavy atom. The van der Waals surface area contributed by atoms with Crippen LogP contribution in [-0.2, 0) is 4.74 Å². The van der Waals surface area contributed by atoms with Crippen LogP contribution in [0.1, 0.15) is 47.0 Å². The van der Waals surface area contributed by atoms with Gasteiger partial charge in [-0.3, -0.25) is 4.99 Å². The molecule has 3 fully saturated rings. The van der Waals surface area contributed by atoms with Crippen molar-refractivity contribution in [1.29, 1.82) is 0 Å². The zero-order chi connectivity index (χ0) is 18.0. The van der Waals surface area contributed by atoms with Gasteiger partial charge in [-0.05, 0) is 38.3 Å². The molecule has 5 heteroatoms. The average molecular weight is 351 g/mol. The third-order valence-corrected chi connectivity index (χ3v) is 6.82. The van der Waals surface area contributed by atoms with Crippen molar-refractivity contribution in [2.45, 2.75) is 59.1 Å². The topological polar surface area (TPSA) is 40.1 Å². The van der Waals surface area contributed by atoms with Crippen molar-refractivity contribution in [2.24, 2.45) is 22.2 Å². The van der Waals surface area contributed by atoms with Gasteiger partial charge in [0.05, 0.1) is 6.10 Å². The Labute approximate surface area is 154 Å². The number of aliphatic imine (C=N–C) groups is 1. The fourth-order valence-electron chi connectivity index (χ4n) is 5.27. The number of guanidine groups is 1. The smallest absolute Gasteiger partial charge is 0.193 e. The van der Waals surface area contributed by atoms with Crippen molar-refractivity contribution in [3.63, 3.8) is 0 Å². The van der Waals surface area contributed by atoms with E-state index in [1.54, 1.807) is 0 Å². The summed E-state index contributed by atoms with van der Waals surface area (Å²) in [4.78, 5) is 9.64. The number of likely N-dealkylation sites (tertiary alicyclic amines) is 1. The molecule has 2 heterocycles. The Balaban J connectivity index is 1.57. The van der Waals surface area contributed by atoms with Crippen molar-refractivity contribution >= 4 is 5.96 Å². The molecule has 3 aliphatic rings. The van der Waals surface area contributed by atoms with E-state index in [9.17, 15) is 0 Å². The molecule has 5 nitrogen and oxygen atoms in total. The molecule has 0 aromatic rings. The molecule has 1 saturated carbocycles. The summed E-state index contributed by atoms with van der Waals surface area (Å²) in [6.07, 6.45) is 4.18. The van der Waals surface area contributed by atoms with E-state index in [0.717, 1.165) is 44.7 Å². The molecule has 0 aromatic heterocycles. The van der Waals surface area contributed by atoms with Crippen LogP contribution in [0.2, 0.25) is 0 Å². The van der Waals surface area contributed by atoms with Gasteiger partial charge in [0.15, 0.2) is 5.96 Å². The molecule has 0 spiro atoms. The fraction of sp³-hybridized carbons (Fsp3) is 0.950. The van der Waals surface area contributed by atoms with E-state index in [2.05, 4.69) is 47.8 Å². The summed E-state index contributed by atoms with van der Waals surface area (Å²) >= 11 is 0. The number of ether oxygens (including phenoxy) is 1. The summed E-state index contributed by atoms with van der Waals surface area (Å²) in [5, 5.41) is 3.82. The van der Waals surface area contributed by atoms with Crippen LogP contribution in [0.5, 0.6) is 0 Å². The second-order valence-corrected chi connectivity index (χ2v) is 8.67. The number of hydrogen-bond acceptors (Lipinski definition) is 3. The van der Waals surface area contributed by atoms with Crippen molar-refractivity contribution in [3.05, 3.63) is 0 Å². The molecule has 0 radical (unpaired) electrons. The highest BCUT2D eigenvalue weighted by molar-refractivity contribution is 5.80. The molecule has 25 heavy (non-hydrogen) atoms. The Kier molecular flexibility index (Phi) is 5.94. The van der Waals surface area contributed by atoms with Crippen molar-refractivity contribution < 1.29 is 4.74 Å². The largest absolute Gasteiger partial charge is 0.377 e. The number of rotatable bonds is 5. The zero-order valence-corrected chi connectivity index (χ0v) is 16.9. The van der Waals surface area contributed by atoms with E-state index in [1.807, 2.05) is 7.05 Å². The fourth-order valence-corrected chi connectivity index (χ4v) is 5.27. The Bertz CT molecular complexity index is 474. The van der Waals surface area contributed by atoms with Crippen molar-refractivity contribution in [3.8, 4) is 0 Å². The lowest BCUT2D eigenvalue weighted by molar-refractivity contribution is -0.188. The summed E-state index contributed by atoms with van der Waals surface area (Å²) < 4.78 is 6.05. The van der Waals surface area contributed by atoms with Gasteiger partial charge in [0.2, 0.25) is 0 Å². The molecule has 4 unspecified atom stereocenters. The molecule has 2 aliphatic heterocycles. The molecule has 0 aromatic carbocycles. The van der Waals surface area contributed by atoms with Gasteiger partial charge in [-0.25, -0.2) is 0 Å². The Morgan fingerprint density at radius 2 is 2.04 bits per heavy atom. The Hall–Kier alpha value is -0.810. The maximum absolute atomic E-state index is 6.05. The minimum absolute atomic E-state index is 0.196. The molecule has 2 saturated heterocycles. The molecular formula is C20H38N4O. The highest BCUT2D eigenvalue weighted by Crippen LogP contribution is 2.51. The predicted molar refractivity (Wildman–Crippen MR) is 104 cm³/mol. The lowest BCUT2D eigenvalue weighted by Crippen LogP contribution is -2.71. The highest BCUT2D eigenvalue weighted by atomic mass is 16.5. The third kappa shape index (κ3) is 3.68. The average Bonchev–Trinajstić information content (AvgIpc) is 3.08. The van der Waals surface area contributed by atoms with E-state index >= 15 is 0 Å². The van der Waals surface area contributed by atoms with Gasteiger partial charge in [-0.1, -0.05) is 27.7 Å². The van der Waals surface area contributed by atoms with E-state index in [0.29, 0.717) is 18.1 Å². The van der Waals surface area contributed by atoms with Crippen molar-refractivity contribution in [2.75, 3.05) is 46.4 Å². The van der Waals surface area contributed by atoms with Gasteiger partial charge in [-0.2, -0.15) is 0 Å². The monoisotopic (exact) mass is 350 g/mol. The molecule has 0 amide bonds. The van der Waals surface area contributed by atoms with E-state index < -0.39 is 0 Å². The minimum atomic E-state index is 0.196. The first-order valence-electron chi connectivity index (χ1n) is 10.3. The molecule has 0 bridgehead atoms. The molecule has 3 rings (SSSR count). The molecule has 4 atom stereocenters. The zero-order valence-electron chi connectivity index (χ0n) is 16.9. The first-order valence-corrected chi connectivity index (χ1v) is 10.3. The van der Waals surface area contributed by atoms with Crippen LogP contribution in [0, 0.1) is 17.3 Å². The second kappa shape index (κ2) is 7.83. The summed E-state index contributed by atoms with van der Waals surface area (Å²) in [7, 11) is 1.93. The summed E-state index contributed by atoms with van der Waals surface area (Å²) in [5.41, 5.74) is 0.196. The second-order valence-electron chi connectivity index (χ2n) is 8.67. The van der Waals surface area contributed by atoms with Gasteiger partial charge >= 0.3 is 0 Å². The third-order valence-electron chi connectivity index (χ3n) is 6.82. The molecule has 1 aliphatic carbocycles. The maximum atomic E-state index is 6.05. The van der Waals surface area contributed by atoms with Crippen LogP contribution in [0.25, 0.3) is 0 Å². The van der Waals surface area contributed by atoms with Crippen LogP contribution in [-0.4, -0.2) is 74.3 Å². The van der Waals surface area contributed by atoms with E-state index in [4.69, 9.17) is 4.74 Å². The van der Waals surface area contributed by atoms with E-state index in [1.165, 1.54) is 25.8 Å². The number of hydrogen-bond donors (Lipinski definition) is 1. The standard InChI is InChI=1S/C20H38N4O/c1-6-23(7-2)13-15-10-11-24(14-15)19(21-5)22-17-16-9-8-12-25-18(16)20(17,3)4/h15-18H,6-14H2,1-5H3,(H,21,22). The SMILES string of the molecule is CCN(CC)CC1CCN(C(=NC)NC2C3CCCOC3C2(C)C)C1. The lowest BCUT2D eigenvalue weighted by Gasteiger charge is -2.60. The summed E-state index contributed by atoms with van der Waals surface area (Å²) in [5.74, 6) is 2.51. The maximum Gasteiger partial charge on any atom is 0.193 e. The number of fused-ring (bicyclic) bond motifs is 1. The van der Waals surface area contributed by atoms with Gasteiger partial charge in [0.1, 0.15) is 0 Å².